The summed E-state index contributed by atoms with van der Waals surface area (Å²) in [6, 6.07) is 0. The van der Waals surface area contributed by atoms with Crippen LogP contribution >= 0.6 is 0 Å². The Bertz CT molecular complexity index is 304. The van der Waals surface area contributed by atoms with Crippen molar-refractivity contribution in [1.29, 1.82) is 0 Å². The topological polar surface area (TPSA) is 9.23 Å². The summed E-state index contributed by atoms with van der Waals surface area (Å²) in [4.78, 5) is 0. The van der Waals surface area contributed by atoms with E-state index in [0.29, 0.717) is 5.92 Å². The Kier molecular flexibility index (Phi) is 6.59. The van der Waals surface area contributed by atoms with E-state index in [2.05, 4.69) is 67.3 Å². The molecule has 0 N–H and O–H groups in total. The molecule has 0 radical (unpaired) electrons. The monoisotopic (exact) mass is 268 g/mol. The molecular weight excluding hydrogens is 236 g/mol. The zero-order chi connectivity index (χ0) is 14.6. The highest BCUT2D eigenvalue weighted by atomic mass is 28.4. The molecule has 0 heterocycles. The third kappa shape index (κ3) is 6.01. The van der Waals surface area contributed by atoms with Crippen LogP contribution < -0.4 is 0 Å². The maximum atomic E-state index is 6.30. The molecule has 0 bridgehead atoms. The van der Waals surface area contributed by atoms with Crippen LogP contribution in [0.25, 0.3) is 0 Å². The second-order valence-corrected chi connectivity index (χ2v) is 11.9. The van der Waals surface area contributed by atoms with E-state index in [1.165, 1.54) is 11.1 Å². The second kappa shape index (κ2) is 6.72. The summed E-state index contributed by atoms with van der Waals surface area (Å²) >= 11 is 0. The number of hydrogen-bond donors (Lipinski definition) is 0. The fraction of sp³-hybridized carbons (Fsp3) is 0.750. The third-order valence-electron chi connectivity index (χ3n) is 3.96. The number of rotatable bonds is 6. The lowest BCUT2D eigenvalue weighted by Gasteiger charge is -2.37. The Balaban J connectivity index is 4.55. The largest absolute Gasteiger partial charge is 0.416 e. The highest BCUT2D eigenvalue weighted by molar-refractivity contribution is 6.74. The minimum atomic E-state index is -1.63. The van der Waals surface area contributed by atoms with Crippen molar-refractivity contribution in [3.8, 4) is 0 Å². The summed E-state index contributed by atoms with van der Waals surface area (Å²) in [5.74, 6) is 0.453. The van der Waals surface area contributed by atoms with Gasteiger partial charge in [-0.15, -0.1) is 0 Å². The molecule has 0 aromatic heterocycles. The van der Waals surface area contributed by atoms with Gasteiger partial charge in [-0.2, -0.15) is 0 Å². The van der Waals surface area contributed by atoms with Crippen molar-refractivity contribution in [3.05, 3.63) is 23.8 Å². The Morgan fingerprint density at radius 1 is 1.22 bits per heavy atom. The summed E-state index contributed by atoms with van der Waals surface area (Å²) in [6.45, 7) is 22.8. The summed E-state index contributed by atoms with van der Waals surface area (Å²) in [5, 5.41) is 0.281. The average molecular weight is 269 g/mol. The van der Waals surface area contributed by atoms with E-state index >= 15 is 0 Å². The maximum absolute atomic E-state index is 6.30. The normalized spacial score (nSPS) is 14.2. The van der Waals surface area contributed by atoms with Gasteiger partial charge in [0.1, 0.15) is 0 Å². The fourth-order valence-corrected chi connectivity index (χ4v) is 2.37. The van der Waals surface area contributed by atoms with E-state index < -0.39 is 8.32 Å². The van der Waals surface area contributed by atoms with Gasteiger partial charge in [-0.25, -0.2) is 0 Å². The molecule has 0 aliphatic rings. The SMILES string of the molecule is C=C(C)C(CC=C(C)C)CO[Si](C)(C)C(C)(C)C. The van der Waals surface area contributed by atoms with E-state index in [4.69, 9.17) is 4.43 Å². The van der Waals surface area contributed by atoms with Gasteiger partial charge in [-0.1, -0.05) is 44.6 Å². The molecule has 0 spiro atoms. The van der Waals surface area contributed by atoms with Crippen molar-refractivity contribution in [2.75, 3.05) is 6.61 Å². The molecule has 0 saturated heterocycles. The smallest absolute Gasteiger partial charge is 0.192 e. The van der Waals surface area contributed by atoms with Gasteiger partial charge in [0.05, 0.1) is 0 Å². The van der Waals surface area contributed by atoms with Crippen molar-refractivity contribution >= 4 is 8.32 Å². The van der Waals surface area contributed by atoms with Gasteiger partial charge < -0.3 is 4.43 Å². The lowest BCUT2D eigenvalue weighted by Crippen LogP contribution is -2.42. The van der Waals surface area contributed by atoms with Crippen LogP contribution in [0.5, 0.6) is 0 Å². The average Bonchev–Trinajstić information content (AvgIpc) is 2.14. The first-order valence-corrected chi connectivity index (χ1v) is 9.81. The van der Waals surface area contributed by atoms with Crippen LogP contribution in [0, 0.1) is 5.92 Å². The van der Waals surface area contributed by atoms with E-state index in [1.54, 1.807) is 0 Å². The first kappa shape index (κ1) is 17.7. The highest BCUT2D eigenvalue weighted by Gasteiger charge is 2.37. The standard InChI is InChI=1S/C16H32OSi/c1-13(2)10-11-15(14(3)4)12-17-18(8,9)16(5,6)7/h10,15H,3,11-12H2,1-2,4-9H3. The summed E-state index contributed by atoms with van der Waals surface area (Å²) < 4.78 is 6.30. The summed E-state index contributed by atoms with van der Waals surface area (Å²) in [7, 11) is -1.63. The van der Waals surface area contributed by atoms with E-state index in [-0.39, 0.29) is 5.04 Å². The molecule has 106 valence electrons. The molecule has 1 unspecified atom stereocenters. The summed E-state index contributed by atoms with van der Waals surface area (Å²) in [6.07, 6.45) is 3.33. The van der Waals surface area contributed by atoms with Gasteiger partial charge in [0, 0.05) is 12.5 Å². The molecule has 0 aliphatic heterocycles. The lowest BCUT2D eigenvalue weighted by molar-refractivity contribution is 0.246. The summed E-state index contributed by atoms with van der Waals surface area (Å²) in [5.41, 5.74) is 2.60. The third-order valence-corrected chi connectivity index (χ3v) is 8.46. The van der Waals surface area contributed by atoms with E-state index in [1.807, 2.05) is 0 Å². The first-order chi connectivity index (χ1) is 7.97. The van der Waals surface area contributed by atoms with Crippen LogP contribution in [0.1, 0.15) is 48.0 Å². The van der Waals surface area contributed by atoms with Crippen molar-refractivity contribution < 1.29 is 4.43 Å². The molecule has 0 aliphatic carbocycles. The minimum absolute atomic E-state index is 0.281. The Morgan fingerprint density at radius 2 is 1.72 bits per heavy atom. The molecule has 18 heavy (non-hydrogen) atoms. The number of allylic oxidation sites excluding steroid dienone is 2. The highest BCUT2D eigenvalue weighted by Crippen LogP contribution is 2.37. The molecule has 0 amide bonds. The molecule has 0 fully saturated rings. The molecule has 0 aromatic rings. The molecule has 0 rings (SSSR count). The Labute approximate surface area is 115 Å². The van der Waals surface area contributed by atoms with Gasteiger partial charge in [0.2, 0.25) is 0 Å². The molecule has 0 saturated carbocycles. The molecular formula is C16H32OSi. The minimum Gasteiger partial charge on any atom is -0.416 e. The van der Waals surface area contributed by atoms with Crippen molar-refractivity contribution in [2.45, 2.75) is 66.1 Å². The van der Waals surface area contributed by atoms with Crippen LogP contribution in [0.3, 0.4) is 0 Å². The van der Waals surface area contributed by atoms with Crippen molar-refractivity contribution in [3.63, 3.8) is 0 Å². The predicted octanol–water partition coefficient (Wildman–Crippen LogP) is 5.56. The Morgan fingerprint density at radius 3 is 2.06 bits per heavy atom. The van der Waals surface area contributed by atoms with Gasteiger partial charge in [0.15, 0.2) is 8.32 Å². The van der Waals surface area contributed by atoms with Gasteiger partial charge in [0.25, 0.3) is 0 Å². The van der Waals surface area contributed by atoms with Gasteiger partial charge >= 0.3 is 0 Å². The molecule has 1 nitrogen and oxygen atoms in total. The van der Waals surface area contributed by atoms with Crippen molar-refractivity contribution in [1.82, 2.24) is 0 Å². The number of hydrogen-bond acceptors (Lipinski definition) is 1. The quantitative estimate of drug-likeness (QED) is 0.453. The lowest BCUT2D eigenvalue weighted by atomic mass is 9.98. The Hall–Kier alpha value is -0.343. The van der Waals surface area contributed by atoms with Crippen LogP contribution in [-0.2, 0) is 4.43 Å². The van der Waals surface area contributed by atoms with Gasteiger partial charge in [-0.05, 0) is 45.3 Å². The van der Waals surface area contributed by atoms with E-state index in [9.17, 15) is 0 Å². The zero-order valence-corrected chi connectivity index (χ0v) is 14.7. The van der Waals surface area contributed by atoms with E-state index in [0.717, 1.165) is 13.0 Å². The van der Waals surface area contributed by atoms with Crippen LogP contribution in [-0.4, -0.2) is 14.9 Å². The zero-order valence-electron chi connectivity index (χ0n) is 13.7. The van der Waals surface area contributed by atoms with Gasteiger partial charge in [-0.3, -0.25) is 0 Å². The second-order valence-electron chi connectivity index (χ2n) is 7.13. The molecule has 2 heteroatoms. The van der Waals surface area contributed by atoms with Crippen molar-refractivity contribution in [2.24, 2.45) is 5.92 Å². The molecule has 0 aromatic carbocycles. The van der Waals surface area contributed by atoms with Crippen LogP contribution in [0.2, 0.25) is 18.1 Å². The predicted molar refractivity (Wildman–Crippen MR) is 85.5 cm³/mol. The van der Waals surface area contributed by atoms with Crippen LogP contribution in [0.4, 0.5) is 0 Å². The fourth-order valence-electron chi connectivity index (χ4n) is 1.31. The van der Waals surface area contributed by atoms with Crippen LogP contribution in [0.15, 0.2) is 23.8 Å². The first-order valence-electron chi connectivity index (χ1n) is 6.90. The molecule has 1 atom stereocenters. The maximum Gasteiger partial charge on any atom is 0.192 e.